The fraction of sp³-hybridized carbons (Fsp3) is 0.833. The molecule has 19 nitrogen and oxygen atoms in total. The number of aromatic nitrogens is 3. The zero-order valence-corrected chi connectivity index (χ0v) is 46.5. The van der Waals surface area contributed by atoms with Crippen molar-refractivity contribution < 1.29 is 73.4 Å². The third-order valence-electron chi connectivity index (χ3n) is 16.8. The van der Waals surface area contributed by atoms with Gasteiger partial charge in [-0.3, -0.25) is 4.79 Å². The number of hydrogen-bond donors (Lipinski definition) is 7. The maximum atomic E-state index is 14.8. The van der Waals surface area contributed by atoms with E-state index in [1.807, 2.05) is 44.7 Å². The maximum absolute atomic E-state index is 14.8. The lowest BCUT2D eigenvalue weighted by molar-refractivity contribution is -0.302. The monoisotopic (exact) mass is 1050 g/mol. The standard InChI is InChI=1S/C54H92FN5O14/c1-15-43-54(10,68)47(64)34(6)59(12)27-30(2)24-52(8,67)49(32(4)44(33(5)50(66)73-43)42-25-53(9,70-14)48(65)35(7)72-42)74-51-45(63)40(22-31(3)71-51)58(11)21-20-38-28-60(57-56-38)41(26-55)46(69-13)37-18-16-36(17-19-37)23-39(62)29-61/h16-19,28,30-35,39-49,51,61-65,67-68H,15,20-27,29H2,1-14H3/t30-,31-,32+,33-,34-,35+,39?,40+,41-,42?,43-,44+,45-,46-,47-,48+,49-,51+,52-,53-,54-/m1/s1. The third kappa shape index (κ3) is 14.3. The fourth-order valence-corrected chi connectivity index (χ4v) is 12.2. The summed E-state index contributed by atoms with van der Waals surface area (Å²) in [5, 5.41) is 88.0. The van der Waals surface area contributed by atoms with E-state index < -0.39 is 133 Å². The van der Waals surface area contributed by atoms with E-state index in [9.17, 15) is 44.9 Å². The lowest BCUT2D eigenvalue weighted by atomic mass is 9.68. The van der Waals surface area contributed by atoms with Gasteiger partial charge in [-0.05, 0) is 97.9 Å². The van der Waals surface area contributed by atoms with Gasteiger partial charge in [-0.2, -0.15) is 0 Å². The molecule has 3 aliphatic heterocycles. The molecule has 0 amide bonds. The average Bonchev–Trinajstić information content (AvgIpc) is 3.83. The Labute approximate surface area is 438 Å². The minimum atomic E-state index is -1.84. The molecule has 21 atom stereocenters. The smallest absolute Gasteiger partial charge is 0.309 e. The van der Waals surface area contributed by atoms with Gasteiger partial charge in [-0.15, -0.1) is 5.10 Å². The molecule has 74 heavy (non-hydrogen) atoms. The lowest BCUT2D eigenvalue weighted by Gasteiger charge is -2.51. The molecule has 2 unspecified atom stereocenters. The molecule has 5 rings (SSSR count). The molecular formula is C54H92FN5O14. The van der Waals surface area contributed by atoms with Crippen molar-refractivity contribution in [1.29, 1.82) is 0 Å². The first-order chi connectivity index (χ1) is 34.7. The van der Waals surface area contributed by atoms with Crippen molar-refractivity contribution in [3.8, 4) is 0 Å². The fourth-order valence-electron chi connectivity index (χ4n) is 12.2. The normalized spacial score (nSPS) is 39.7. The van der Waals surface area contributed by atoms with Crippen molar-refractivity contribution >= 4 is 5.97 Å². The summed E-state index contributed by atoms with van der Waals surface area (Å²) in [6, 6.07) is 5.31. The average molecular weight is 1050 g/mol. The number of cyclic esters (lactones) is 1. The second-order valence-electron chi connectivity index (χ2n) is 22.9. The first kappa shape index (κ1) is 62.0. The molecule has 0 bridgehead atoms. The number of aliphatic hydroxyl groups excluding tert-OH is 5. The summed E-state index contributed by atoms with van der Waals surface area (Å²) < 4.78 is 54.2. The Morgan fingerprint density at radius 1 is 0.986 bits per heavy atom. The molecule has 0 spiro atoms. The Morgan fingerprint density at radius 3 is 2.24 bits per heavy atom. The predicted molar refractivity (Wildman–Crippen MR) is 273 cm³/mol. The van der Waals surface area contributed by atoms with Crippen LogP contribution in [0, 0.1) is 23.7 Å². The van der Waals surface area contributed by atoms with Crippen LogP contribution in [0.5, 0.6) is 0 Å². The van der Waals surface area contributed by atoms with Crippen molar-refractivity contribution in [2.45, 2.75) is 210 Å². The van der Waals surface area contributed by atoms with Gasteiger partial charge in [-0.1, -0.05) is 57.2 Å². The van der Waals surface area contributed by atoms with Crippen LogP contribution in [0.15, 0.2) is 30.5 Å². The van der Waals surface area contributed by atoms with Gasteiger partial charge < -0.3 is 74.0 Å². The van der Waals surface area contributed by atoms with E-state index in [4.69, 9.17) is 28.4 Å². The van der Waals surface area contributed by atoms with Gasteiger partial charge in [0.1, 0.15) is 48.8 Å². The van der Waals surface area contributed by atoms with Gasteiger partial charge in [0.2, 0.25) is 0 Å². The molecule has 4 heterocycles. The lowest BCUT2D eigenvalue weighted by Crippen LogP contribution is -2.62. The predicted octanol–water partition coefficient (Wildman–Crippen LogP) is 3.17. The SMILES string of the molecule is CC[C@H]1OC(=O)[C@H](C)[C@@H](C2C[C@@](C)(OC)[C@@H](O)[C@H](C)O2)[C@H](C)[C@@H](O[C@@H]2O[C@H](C)C[C@H](N(C)CCc3cn([C@H](CF)[C@H](OC)c4ccc(CC(O)CO)cc4)nn3)[C@H]2O)[C@](C)(O)C[C@@H](C)CN(C)[C@H](C)[C@@H](O)[C@]1(C)O. The molecular weight excluding hydrogens is 962 g/mol. The number of benzene rings is 1. The van der Waals surface area contributed by atoms with Gasteiger partial charge in [0, 0.05) is 70.8 Å². The van der Waals surface area contributed by atoms with Gasteiger partial charge in [0.15, 0.2) is 6.29 Å². The summed E-state index contributed by atoms with van der Waals surface area (Å²) in [6.07, 6.45) is -7.08. The van der Waals surface area contributed by atoms with Crippen LogP contribution >= 0.6 is 0 Å². The summed E-state index contributed by atoms with van der Waals surface area (Å²) in [4.78, 5) is 18.6. The molecule has 3 fully saturated rings. The molecule has 424 valence electrons. The topological polar surface area (TPSA) is 251 Å². The first-order valence-electron chi connectivity index (χ1n) is 26.7. The molecule has 1 aromatic heterocycles. The Kier molecular flexibility index (Phi) is 22.0. The first-order valence-corrected chi connectivity index (χ1v) is 26.7. The highest BCUT2D eigenvalue weighted by atomic mass is 19.1. The number of ether oxygens (including phenoxy) is 6. The molecule has 3 saturated heterocycles. The van der Waals surface area contributed by atoms with E-state index in [0.717, 1.165) is 5.56 Å². The number of likely N-dealkylation sites (N-methyl/N-ethyl adjacent to an activating group) is 2. The zero-order valence-electron chi connectivity index (χ0n) is 46.5. The Morgan fingerprint density at radius 2 is 1.65 bits per heavy atom. The summed E-state index contributed by atoms with van der Waals surface area (Å²) in [7, 11) is 6.73. The number of methoxy groups -OCH3 is 2. The molecule has 3 aliphatic rings. The van der Waals surface area contributed by atoms with E-state index in [2.05, 4.69) is 10.3 Å². The zero-order chi connectivity index (χ0) is 55.2. The van der Waals surface area contributed by atoms with Crippen molar-refractivity contribution in [2.24, 2.45) is 23.7 Å². The van der Waals surface area contributed by atoms with Gasteiger partial charge in [-0.25, -0.2) is 9.07 Å². The molecule has 20 heteroatoms. The third-order valence-corrected chi connectivity index (χ3v) is 16.8. The van der Waals surface area contributed by atoms with Crippen LogP contribution in [-0.4, -0.2) is 211 Å². The van der Waals surface area contributed by atoms with E-state index in [1.54, 1.807) is 72.0 Å². The number of carbonyl (C=O) groups is 1. The quantitative estimate of drug-likeness (QED) is 0.112. The Balaban J connectivity index is 1.44. The van der Waals surface area contributed by atoms with Crippen LogP contribution in [-0.2, 0) is 46.1 Å². The highest BCUT2D eigenvalue weighted by molar-refractivity contribution is 5.73. The maximum Gasteiger partial charge on any atom is 0.309 e. The van der Waals surface area contributed by atoms with E-state index in [1.165, 1.54) is 25.8 Å². The molecule has 0 saturated carbocycles. The number of esters is 1. The number of halogens is 1. The molecule has 2 aromatic rings. The molecule has 7 N–H and O–H groups in total. The van der Waals surface area contributed by atoms with E-state index in [-0.39, 0.29) is 38.2 Å². The number of hydrogen-bond acceptors (Lipinski definition) is 18. The van der Waals surface area contributed by atoms with Crippen LogP contribution < -0.4 is 0 Å². The highest BCUT2D eigenvalue weighted by Crippen LogP contribution is 2.45. The van der Waals surface area contributed by atoms with Crippen molar-refractivity contribution in [3.63, 3.8) is 0 Å². The van der Waals surface area contributed by atoms with Gasteiger partial charge >= 0.3 is 5.97 Å². The summed E-state index contributed by atoms with van der Waals surface area (Å²) in [5.41, 5.74) is -2.44. The van der Waals surface area contributed by atoms with Crippen LogP contribution in [0.4, 0.5) is 4.39 Å². The van der Waals surface area contributed by atoms with Crippen molar-refractivity contribution in [3.05, 3.63) is 47.3 Å². The van der Waals surface area contributed by atoms with Crippen molar-refractivity contribution in [1.82, 2.24) is 24.8 Å². The number of carbonyl (C=O) groups excluding carboxylic acids is 1. The van der Waals surface area contributed by atoms with Crippen LogP contribution in [0.3, 0.4) is 0 Å². The van der Waals surface area contributed by atoms with Crippen LogP contribution in [0.2, 0.25) is 0 Å². The van der Waals surface area contributed by atoms with Crippen LogP contribution in [0.25, 0.3) is 0 Å². The second kappa shape index (κ2) is 26.2. The number of alkyl halides is 1. The van der Waals surface area contributed by atoms with Gasteiger partial charge in [0.25, 0.3) is 0 Å². The minimum absolute atomic E-state index is 0.164. The Hall–Kier alpha value is -2.80. The van der Waals surface area contributed by atoms with E-state index >= 15 is 0 Å². The van der Waals surface area contributed by atoms with Gasteiger partial charge in [0.05, 0.1) is 59.9 Å². The summed E-state index contributed by atoms with van der Waals surface area (Å²) >= 11 is 0. The molecule has 1 aromatic carbocycles. The Bertz CT molecular complexity index is 2040. The largest absolute Gasteiger partial charge is 0.459 e. The summed E-state index contributed by atoms with van der Waals surface area (Å²) in [5.74, 6) is -3.30. The minimum Gasteiger partial charge on any atom is -0.459 e. The second-order valence-corrected chi connectivity index (χ2v) is 22.9. The van der Waals surface area contributed by atoms with Crippen LogP contribution in [0.1, 0.15) is 124 Å². The highest BCUT2D eigenvalue weighted by Gasteiger charge is 2.55. The molecule has 0 aliphatic carbocycles. The summed E-state index contributed by atoms with van der Waals surface area (Å²) in [6.45, 7) is 17.4. The number of nitrogens with zero attached hydrogens (tertiary/aromatic N) is 5. The number of rotatable bonds is 17. The van der Waals surface area contributed by atoms with E-state index in [0.29, 0.717) is 37.2 Å². The molecule has 0 radical (unpaired) electrons. The van der Waals surface area contributed by atoms with Crippen molar-refractivity contribution in [2.75, 3.05) is 54.7 Å². The number of aliphatic hydroxyl groups is 7.